The molecule has 5 heteroatoms. The summed E-state index contributed by atoms with van der Waals surface area (Å²) in [7, 11) is 3.20. The van der Waals surface area contributed by atoms with Crippen molar-refractivity contribution in [1.82, 2.24) is 5.32 Å². The van der Waals surface area contributed by atoms with Gasteiger partial charge in [-0.05, 0) is 56.2 Å². The second kappa shape index (κ2) is 7.25. The lowest BCUT2D eigenvalue weighted by Gasteiger charge is -2.27. The van der Waals surface area contributed by atoms with Crippen molar-refractivity contribution >= 4 is 11.7 Å². The Morgan fingerprint density at radius 2 is 1.67 bits per heavy atom. The van der Waals surface area contributed by atoms with Crippen LogP contribution in [0.4, 0.5) is 10.5 Å². The molecule has 0 spiro atoms. The zero-order valence-electron chi connectivity index (χ0n) is 14.8. The standard InChI is InChI=1S/C19H24N2O3/c1-13-6-11-17(24-5)16(12-13)20-18(22)21-19(2,3)14-7-9-15(23-4)10-8-14/h6-12H,1-5H3,(H2,20,21,22). The molecule has 0 saturated heterocycles. The van der Waals surface area contributed by atoms with Crippen molar-refractivity contribution in [2.45, 2.75) is 26.3 Å². The molecule has 0 bridgehead atoms. The van der Waals surface area contributed by atoms with E-state index in [0.29, 0.717) is 11.4 Å². The van der Waals surface area contributed by atoms with Gasteiger partial charge in [0.2, 0.25) is 0 Å². The number of hydrogen-bond acceptors (Lipinski definition) is 3. The van der Waals surface area contributed by atoms with Gasteiger partial charge in [-0.1, -0.05) is 18.2 Å². The first-order chi connectivity index (χ1) is 11.4. The van der Waals surface area contributed by atoms with Crippen LogP contribution in [0.25, 0.3) is 0 Å². The Morgan fingerprint density at radius 1 is 1.00 bits per heavy atom. The predicted molar refractivity (Wildman–Crippen MR) is 95.9 cm³/mol. The van der Waals surface area contributed by atoms with E-state index in [2.05, 4.69) is 10.6 Å². The van der Waals surface area contributed by atoms with E-state index >= 15 is 0 Å². The van der Waals surface area contributed by atoms with Crippen LogP contribution in [0.3, 0.4) is 0 Å². The maximum Gasteiger partial charge on any atom is 0.320 e. The van der Waals surface area contributed by atoms with Gasteiger partial charge in [0.25, 0.3) is 0 Å². The zero-order chi connectivity index (χ0) is 17.7. The van der Waals surface area contributed by atoms with E-state index in [4.69, 9.17) is 9.47 Å². The molecule has 0 heterocycles. The molecular weight excluding hydrogens is 304 g/mol. The molecule has 2 N–H and O–H groups in total. The summed E-state index contributed by atoms with van der Waals surface area (Å²) in [5.74, 6) is 1.40. The second-order valence-electron chi connectivity index (χ2n) is 6.14. The maximum atomic E-state index is 12.4. The minimum atomic E-state index is -0.534. The molecule has 0 aliphatic rings. The highest BCUT2D eigenvalue weighted by Crippen LogP contribution is 2.26. The first kappa shape index (κ1) is 17.7. The lowest BCUT2D eigenvalue weighted by atomic mass is 9.94. The van der Waals surface area contributed by atoms with E-state index in [1.807, 2.05) is 63.2 Å². The molecule has 0 fully saturated rings. The van der Waals surface area contributed by atoms with Crippen LogP contribution in [0, 0.1) is 6.92 Å². The first-order valence-corrected chi connectivity index (χ1v) is 7.74. The van der Waals surface area contributed by atoms with Gasteiger partial charge >= 0.3 is 6.03 Å². The third-order valence-electron chi connectivity index (χ3n) is 3.84. The fourth-order valence-corrected chi connectivity index (χ4v) is 2.44. The normalized spacial score (nSPS) is 10.9. The van der Waals surface area contributed by atoms with Crippen LogP contribution < -0.4 is 20.1 Å². The molecule has 2 aromatic carbocycles. The zero-order valence-corrected chi connectivity index (χ0v) is 14.8. The van der Waals surface area contributed by atoms with Gasteiger partial charge in [-0.2, -0.15) is 0 Å². The summed E-state index contributed by atoms with van der Waals surface area (Å²) >= 11 is 0. The smallest absolute Gasteiger partial charge is 0.320 e. The van der Waals surface area contributed by atoms with E-state index in [0.717, 1.165) is 16.9 Å². The highest BCUT2D eigenvalue weighted by atomic mass is 16.5. The quantitative estimate of drug-likeness (QED) is 0.870. The molecular formula is C19H24N2O3. The molecule has 0 radical (unpaired) electrons. The van der Waals surface area contributed by atoms with E-state index in [9.17, 15) is 4.79 Å². The van der Waals surface area contributed by atoms with Crippen LogP contribution in [0.5, 0.6) is 11.5 Å². The number of aryl methyl sites for hydroxylation is 1. The van der Waals surface area contributed by atoms with Crippen molar-refractivity contribution in [3.63, 3.8) is 0 Å². The molecule has 0 saturated carbocycles. The van der Waals surface area contributed by atoms with Crippen molar-refractivity contribution in [3.8, 4) is 11.5 Å². The topological polar surface area (TPSA) is 59.6 Å². The predicted octanol–water partition coefficient (Wildman–Crippen LogP) is 4.07. The minimum Gasteiger partial charge on any atom is -0.497 e. The summed E-state index contributed by atoms with van der Waals surface area (Å²) < 4.78 is 10.5. The number of carbonyl (C=O) groups is 1. The molecule has 0 aliphatic heterocycles. The van der Waals surface area contributed by atoms with Gasteiger partial charge in [-0.25, -0.2) is 4.79 Å². The number of carbonyl (C=O) groups excluding carboxylic acids is 1. The largest absolute Gasteiger partial charge is 0.497 e. The number of rotatable bonds is 5. The molecule has 24 heavy (non-hydrogen) atoms. The fraction of sp³-hybridized carbons (Fsp3) is 0.316. The Hall–Kier alpha value is -2.69. The van der Waals surface area contributed by atoms with Gasteiger partial charge in [0, 0.05) is 0 Å². The molecule has 2 aromatic rings. The highest BCUT2D eigenvalue weighted by Gasteiger charge is 2.23. The number of methoxy groups -OCH3 is 2. The van der Waals surface area contributed by atoms with Gasteiger partial charge in [-0.3, -0.25) is 0 Å². The number of amides is 2. The van der Waals surface area contributed by atoms with Crippen LogP contribution in [-0.4, -0.2) is 20.3 Å². The van der Waals surface area contributed by atoms with Crippen LogP contribution in [0.1, 0.15) is 25.0 Å². The summed E-state index contributed by atoms with van der Waals surface area (Å²) in [6, 6.07) is 13.0. The molecule has 0 atom stereocenters. The average Bonchev–Trinajstić information content (AvgIpc) is 2.54. The Morgan fingerprint density at radius 3 is 2.25 bits per heavy atom. The van der Waals surface area contributed by atoms with E-state index in [-0.39, 0.29) is 6.03 Å². The summed E-state index contributed by atoms with van der Waals surface area (Å²) in [6.07, 6.45) is 0. The summed E-state index contributed by atoms with van der Waals surface area (Å²) in [5.41, 5.74) is 2.13. The third-order valence-corrected chi connectivity index (χ3v) is 3.84. The molecule has 0 unspecified atom stereocenters. The monoisotopic (exact) mass is 328 g/mol. The van der Waals surface area contributed by atoms with Gasteiger partial charge < -0.3 is 20.1 Å². The highest BCUT2D eigenvalue weighted by molar-refractivity contribution is 5.91. The molecule has 2 amide bonds. The van der Waals surface area contributed by atoms with Gasteiger partial charge in [0.05, 0.1) is 25.4 Å². The van der Waals surface area contributed by atoms with Gasteiger partial charge in [0.1, 0.15) is 11.5 Å². The number of ether oxygens (including phenoxy) is 2. The Bertz CT molecular complexity index is 709. The molecule has 0 aromatic heterocycles. The van der Waals surface area contributed by atoms with Crippen molar-refractivity contribution in [2.75, 3.05) is 19.5 Å². The average molecular weight is 328 g/mol. The van der Waals surface area contributed by atoms with Crippen molar-refractivity contribution in [3.05, 3.63) is 53.6 Å². The van der Waals surface area contributed by atoms with E-state index < -0.39 is 5.54 Å². The number of benzene rings is 2. The third kappa shape index (κ3) is 4.19. The summed E-state index contributed by atoms with van der Waals surface area (Å²) in [4.78, 5) is 12.4. The Balaban J connectivity index is 2.11. The van der Waals surface area contributed by atoms with Crippen LogP contribution >= 0.6 is 0 Å². The van der Waals surface area contributed by atoms with Crippen LogP contribution in [0.2, 0.25) is 0 Å². The Kier molecular flexibility index (Phi) is 5.34. The SMILES string of the molecule is COc1ccc(C(C)(C)NC(=O)Nc2cc(C)ccc2OC)cc1. The lowest BCUT2D eigenvalue weighted by Crippen LogP contribution is -2.43. The fourth-order valence-electron chi connectivity index (χ4n) is 2.44. The van der Waals surface area contributed by atoms with Crippen molar-refractivity contribution < 1.29 is 14.3 Å². The van der Waals surface area contributed by atoms with Crippen molar-refractivity contribution in [1.29, 1.82) is 0 Å². The van der Waals surface area contributed by atoms with E-state index in [1.165, 1.54) is 0 Å². The van der Waals surface area contributed by atoms with Crippen LogP contribution in [0.15, 0.2) is 42.5 Å². The number of urea groups is 1. The second-order valence-corrected chi connectivity index (χ2v) is 6.14. The van der Waals surface area contributed by atoms with Gasteiger partial charge in [-0.15, -0.1) is 0 Å². The lowest BCUT2D eigenvalue weighted by molar-refractivity contribution is 0.241. The molecule has 128 valence electrons. The first-order valence-electron chi connectivity index (χ1n) is 7.74. The summed E-state index contributed by atoms with van der Waals surface area (Å²) in [6.45, 7) is 5.85. The number of nitrogens with one attached hydrogen (secondary N) is 2. The molecule has 5 nitrogen and oxygen atoms in total. The number of hydrogen-bond donors (Lipinski definition) is 2. The van der Waals surface area contributed by atoms with E-state index in [1.54, 1.807) is 14.2 Å². The maximum absolute atomic E-state index is 12.4. The number of anilines is 1. The molecule has 0 aliphatic carbocycles. The van der Waals surface area contributed by atoms with Crippen LogP contribution in [-0.2, 0) is 5.54 Å². The van der Waals surface area contributed by atoms with Crippen molar-refractivity contribution in [2.24, 2.45) is 0 Å². The summed E-state index contributed by atoms with van der Waals surface area (Å²) in [5, 5.41) is 5.83. The van der Waals surface area contributed by atoms with Gasteiger partial charge in [0.15, 0.2) is 0 Å². The minimum absolute atomic E-state index is 0.292. The molecule has 2 rings (SSSR count). The Labute approximate surface area is 143 Å².